The van der Waals surface area contributed by atoms with Crippen molar-refractivity contribution in [3.63, 3.8) is 0 Å². The third-order valence-electron chi connectivity index (χ3n) is 5.92. The largest absolute Gasteiger partial charge is 0.490 e. The van der Waals surface area contributed by atoms with Gasteiger partial charge in [0.15, 0.2) is 0 Å². The number of rotatable bonds is 9. The fraction of sp³-hybridized carbons (Fsp3) is 0.565. The van der Waals surface area contributed by atoms with Gasteiger partial charge >= 0.3 is 6.03 Å². The lowest BCUT2D eigenvalue weighted by Crippen LogP contribution is -2.54. The summed E-state index contributed by atoms with van der Waals surface area (Å²) in [5.41, 5.74) is 0.401. The minimum Gasteiger partial charge on any atom is -0.490 e. The SMILES string of the molecule is C=CCC(CC)(CC)NC(=O)NC1CCC(Oc2ccc(C(=O)NC)cc2)CC1. The quantitative estimate of drug-likeness (QED) is 0.543. The van der Waals surface area contributed by atoms with Crippen molar-refractivity contribution in [2.75, 3.05) is 7.05 Å². The molecule has 1 saturated carbocycles. The van der Waals surface area contributed by atoms with Crippen LogP contribution in [0.1, 0.15) is 69.2 Å². The Morgan fingerprint density at radius 2 is 1.76 bits per heavy atom. The third-order valence-corrected chi connectivity index (χ3v) is 5.92. The van der Waals surface area contributed by atoms with Crippen molar-refractivity contribution in [3.8, 4) is 5.75 Å². The molecule has 1 aromatic carbocycles. The number of nitrogens with one attached hydrogen (secondary N) is 3. The zero-order valence-corrected chi connectivity index (χ0v) is 17.9. The fourth-order valence-electron chi connectivity index (χ4n) is 3.85. The van der Waals surface area contributed by atoms with Crippen LogP contribution in [0.15, 0.2) is 36.9 Å². The van der Waals surface area contributed by atoms with E-state index in [0.717, 1.165) is 50.7 Å². The molecule has 3 N–H and O–H groups in total. The Kier molecular flexibility index (Phi) is 8.55. The monoisotopic (exact) mass is 401 g/mol. The maximum atomic E-state index is 12.5. The molecular formula is C23H35N3O3. The topological polar surface area (TPSA) is 79.5 Å². The Labute approximate surface area is 174 Å². The molecule has 1 aliphatic carbocycles. The van der Waals surface area contributed by atoms with Crippen LogP contribution in [0.4, 0.5) is 4.79 Å². The van der Waals surface area contributed by atoms with Crippen LogP contribution in [-0.4, -0.2) is 36.7 Å². The summed E-state index contributed by atoms with van der Waals surface area (Å²) in [6.07, 6.45) is 8.09. The summed E-state index contributed by atoms with van der Waals surface area (Å²) in [6, 6.07) is 7.27. The predicted octanol–water partition coefficient (Wildman–Crippen LogP) is 4.17. The van der Waals surface area contributed by atoms with Crippen LogP contribution in [0.25, 0.3) is 0 Å². The fourth-order valence-corrected chi connectivity index (χ4v) is 3.85. The van der Waals surface area contributed by atoms with Gasteiger partial charge in [-0.3, -0.25) is 4.79 Å². The normalized spacial score (nSPS) is 19.1. The second-order valence-electron chi connectivity index (χ2n) is 7.77. The molecule has 1 fully saturated rings. The van der Waals surface area contributed by atoms with Crippen molar-refractivity contribution in [1.29, 1.82) is 0 Å². The number of carbonyl (C=O) groups excluding carboxylic acids is 2. The molecule has 0 radical (unpaired) electrons. The van der Waals surface area contributed by atoms with Crippen molar-refractivity contribution in [1.82, 2.24) is 16.0 Å². The van der Waals surface area contributed by atoms with Gasteiger partial charge in [0.1, 0.15) is 5.75 Å². The summed E-state index contributed by atoms with van der Waals surface area (Å²) in [6.45, 7) is 8.01. The molecule has 1 aliphatic rings. The predicted molar refractivity (Wildman–Crippen MR) is 116 cm³/mol. The van der Waals surface area contributed by atoms with Gasteiger partial charge in [-0.1, -0.05) is 19.9 Å². The van der Waals surface area contributed by atoms with Gasteiger partial charge in [0, 0.05) is 24.2 Å². The lowest BCUT2D eigenvalue weighted by molar-refractivity contribution is 0.0963. The summed E-state index contributed by atoms with van der Waals surface area (Å²) in [4.78, 5) is 24.1. The molecule has 0 aliphatic heterocycles. The first-order valence-corrected chi connectivity index (χ1v) is 10.6. The van der Waals surface area contributed by atoms with Crippen LogP contribution in [0.5, 0.6) is 5.75 Å². The maximum Gasteiger partial charge on any atom is 0.315 e. The molecule has 0 bridgehead atoms. The minimum absolute atomic E-state index is 0.0929. The van der Waals surface area contributed by atoms with Gasteiger partial charge < -0.3 is 20.7 Å². The van der Waals surface area contributed by atoms with Crippen LogP contribution in [-0.2, 0) is 0 Å². The third kappa shape index (κ3) is 6.51. The molecule has 160 valence electrons. The summed E-state index contributed by atoms with van der Waals surface area (Å²) >= 11 is 0. The first kappa shape index (κ1) is 22.8. The number of benzene rings is 1. The summed E-state index contributed by atoms with van der Waals surface area (Å²) in [7, 11) is 1.61. The van der Waals surface area contributed by atoms with Crippen molar-refractivity contribution in [2.24, 2.45) is 0 Å². The van der Waals surface area contributed by atoms with Crippen molar-refractivity contribution in [2.45, 2.75) is 76.5 Å². The first-order valence-electron chi connectivity index (χ1n) is 10.6. The average molecular weight is 402 g/mol. The highest BCUT2D eigenvalue weighted by Gasteiger charge is 2.29. The van der Waals surface area contributed by atoms with Crippen LogP contribution >= 0.6 is 0 Å². The molecule has 3 amide bonds. The Bertz CT molecular complexity index is 675. The van der Waals surface area contributed by atoms with Crippen LogP contribution in [0.2, 0.25) is 0 Å². The van der Waals surface area contributed by atoms with Crippen molar-refractivity contribution >= 4 is 11.9 Å². The summed E-state index contributed by atoms with van der Waals surface area (Å²) < 4.78 is 6.05. The van der Waals surface area contributed by atoms with Crippen LogP contribution < -0.4 is 20.7 Å². The van der Waals surface area contributed by atoms with Gasteiger partial charge in [0.05, 0.1) is 6.10 Å². The lowest BCUT2D eigenvalue weighted by atomic mass is 9.89. The van der Waals surface area contributed by atoms with E-state index in [0.29, 0.717) is 5.56 Å². The molecule has 6 heteroatoms. The van der Waals surface area contributed by atoms with E-state index >= 15 is 0 Å². The molecule has 29 heavy (non-hydrogen) atoms. The second-order valence-corrected chi connectivity index (χ2v) is 7.77. The highest BCUT2D eigenvalue weighted by atomic mass is 16.5. The molecular weight excluding hydrogens is 366 g/mol. The van der Waals surface area contributed by atoms with Gasteiger partial charge in [0.2, 0.25) is 0 Å². The molecule has 0 atom stereocenters. The number of ether oxygens (including phenoxy) is 1. The first-order chi connectivity index (χ1) is 13.9. The zero-order valence-electron chi connectivity index (χ0n) is 17.9. The summed E-state index contributed by atoms with van der Waals surface area (Å²) in [5.74, 6) is 0.663. The van der Waals surface area contributed by atoms with E-state index in [1.165, 1.54) is 0 Å². The van der Waals surface area contributed by atoms with E-state index in [4.69, 9.17) is 4.74 Å². The Morgan fingerprint density at radius 1 is 1.14 bits per heavy atom. The van der Waals surface area contributed by atoms with E-state index in [1.807, 2.05) is 18.2 Å². The zero-order chi connectivity index (χ0) is 21.3. The van der Waals surface area contributed by atoms with Gasteiger partial charge in [-0.2, -0.15) is 0 Å². The van der Waals surface area contributed by atoms with E-state index in [1.54, 1.807) is 19.2 Å². The number of hydrogen-bond acceptors (Lipinski definition) is 3. The van der Waals surface area contributed by atoms with Gasteiger partial charge in [-0.15, -0.1) is 6.58 Å². The van der Waals surface area contributed by atoms with E-state index in [2.05, 4.69) is 36.4 Å². The highest BCUT2D eigenvalue weighted by molar-refractivity contribution is 5.94. The molecule has 0 aromatic heterocycles. The van der Waals surface area contributed by atoms with Gasteiger partial charge in [-0.25, -0.2) is 4.79 Å². The number of carbonyl (C=O) groups is 2. The molecule has 0 saturated heterocycles. The van der Waals surface area contributed by atoms with Gasteiger partial charge in [0.25, 0.3) is 5.91 Å². The molecule has 0 spiro atoms. The standard InChI is InChI=1S/C23H35N3O3/c1-5-16-23(6-2,7-3)26-22(28)25-18-10-14-20(15-11-18)29-19-12-8-17(9-13-19)21(27)24-4/h5,8-9,12-13,18,20H,1,6-7,10-11,14-16H2,2-4H3,(H,24,27)(H2,25,26,28). The van der Waals surface area contributed by atoms with E-state index < -0.39 is 0 Å². The maximum absolute atomic E-state index is 12.5. The Balaban J connectivity index is 1.79. The molecule has 1 aromatic rings. The molecule has 0 unspecified atom stereocenters. The minimum atomic E-state index is -0.215. The number of urea groups is 1. The van der Waals surface area contributed by atoms with Crippen LogP contribution in [0.3, 0.4) is 0 Å². The van der Waals surface area contributed by atoms with Gasteiger partial charge in [-0.05, 0) is 69.2 Å². The number of hydrogen-bond donors (Lipinski definition) is 3. The van der Waals surface area contributed by atoms with Crippen molar-refractivity contribution in [3.05, 3.63) is 42.5 Å². The smallest absolute Gasteiger partial charge is 0.315 e. The molecule has 6 nitrogen and oxygen atoms in total. The lowest BCUT2D eigenvalue weighted by Gasteiger charge is -2.34. The van der Waals surface area contributed by atoms with E-state index in [9.17, 15) is 9.59 Å². The van der Waals surface area contributed by atoms with Crippen molar-refractivity contribution < 1.29 is 14.3 Å². The second kappa shape index (κ2) is 10.9. The van der Waals surface area contributed by atoms with Crippen LogP contribution in [0, 0.1) is 0 Å². The molecule has 0 heterocycles. The Morgan fingerprint density at radius 3 is 2.28 bits per heavy atom. The summed E-state index contributed by atoms with van der Waals surface area (Å²) in [5, 5.41) is 8.90. The Hall–Kier alpha value is -2.50. The average Bonchev–Trinajstić information content (AvgIpc) is 2.74. The van der Waals surface area contributed by atoms with E-state index in [-0.39, 0.29) is 29.6 Å². The highest BCUT2D eigenvalue weighted by Crippen LogP contribution is 2.25. The molecule has 2 rings (SSSR count). The number of amides is 3.